The van der Waals surface area contributed by atoms with Crippen molar-refractivity contribution in [1.82, 2.24) is 9.55 Å². The first-order chi connectivity index (χ1) is 15.8. The van der Waals surface area contributed by atoms with Crippen molar-refractivity contribution in [2.45, 2.75) is 30.6 Å². The Morgan fingerprint density at radius 3 is 2.15 bits per heavy atom. The van der Waals surface area contributed by atoms with Crippen LogP contribution >= 0.6 is 0 Å². The quantitative estimate of drug-likeness (QED) is 0.356. The maximum absolute atomic E-state index is 12.3. The lowest BCUT2D eigenvalue weighted by atomic mass is 9.96. The molecule has 188 valence electrons. The van der Waals surface area contributed by atoms with Crippen molar-refractivity contribution in [2.24, 2.45) is 0 Å². The van der Waals surface area contributed by atoms with Gasteiger partial charge in [0.25, 0.3) is 25.8 Å². The summed E-state index contributed by atoms with van der Waals surface area (Å²) in [5.74, 6) is 0. The summed E-state index contributed by atoms with van der Waals surface area (Å²) in [6, 6.07) is 9.74. The van der Waals surface area contributed by atoms with E-state index in [0.29, 0.717) is 5.56 Å². The molecule has 34 heavy (non-hydrogen) atoms. The Hall–Kier alpha value is -2.40. The Bertz CT molecular complexity index is 1280. The summed E-state index contributed by atoms with van der Waals surface area (Å²) < 4.78 is 69.1. The third-order valence-electron chi connectivity index (χ3n) is 4.91. The predicted octanol–water partition coefficient (Wildman–Crippen LogP) is -1.30. The second kappa shape index (κ2) is 10.1. The Kier molecular flexibility index (Phi) is 7.76. The molecular formula is C19H24N2O11S2. The lowest BCUT2D eigenvalue weighted by Crippen LogP contribution is -2.52. The maximum Gasteiger partial charge on any atom is 0.330 e. The molecule has 13 nitrogen and oxygen atoms in total. The smallest absolute Gasteiger partial charge is 0.330 e. The van der Waals surface area contributed by atoms with Crippen molar-refractivity contribution >= 4 is 20.2 Å². The molecule has 1 aliphatic heterocycles. The van der Waals surface area contributed by atoms with Crippen LogP contribution in [0.5, 0.6) is 0 Å². The lowest BCUT2D eigenvalue weighted by Gasteiger charge is -2.33. The van der Waals surface area contributed by atoms with Crippen LogP contribution in [0, 0.1) is 0 Å². The first-order valence-electron chi connectivity index (χ1n) is 9.81. The fraction of sp³-hybridized carbons (Fsp3) is 0.474. The van der Waals surface area contributed by atoms with E-state index in [2.05, 4.69) is 0 Å². The molecule has 1 aromatic carbocycles. The largest absolute Gasteiger partial charge is 0.386 e. The summed E-state index contributed by atoms with van der Waals surface area (Å²) in [7, 11) is -8.09. The van der Waals surface area contributed by atoms with Crippen molar-refractivity contribution < 1.29 is 39.8 Å². The lowest BCUT2D eigenvalue weighted by molar-refractivity contribution is -0.154. The number of benzene rings is 1. The molecule has 1 fully saturated rings. The average molecular weight is 521 g/mol. The van der Waals surface area contributed by atoms with Crippen LogP contribution in [0.25, 0.3) is 0 Å². The molecule has 0 spiro atoms. The summed E-state index contributed by atoms with van der Waals surface area (Å²) in [6.45, 7) is -1.68. The third-order valence-corrected chi connectivity index (χ3v) is 6.00. The van der Waals surface area contributed by atoms with Gasteiger partial charge in [-0.2, -0.15) is 16.8 Å². The van der Waals surface area contributed by atoms with Crippen molar-refractivity contribution in [3.05, 3.63) is 69.0 Å². The van der Waals surface area contributed by atoms with Gasteiger partial charge in [0.15, 0.2) is 6.23 Å². The van der Waals surface area contributed by atoms with E-state index in [-0.39, 0.29) is 6.61 Å². The number of nitrogens with one attached hydrogen (secondary N) is 1. The zero-order valence-corrected chi connectivity index (χ0v) is 19.8. The molecule has 1 saturated heterocycles. The number of aliphatic hydroxyl groups excluding tert-OH is 1. The molecule has 2 N–H and O–H groups in total. The van der Waals surface area contributed by atoms with Gasteiger partial charge in [0.05, 0.1) is 19.1 Å². The Morgan fingerprint density at radius 2 is 1.62 bits per heavy atom. The summed E-state index contributed by atoms with van der Waals surface area (Å²) in [6.07, 6.45) is -1.94. The minimum absolute atomic E-state index is 0.0847. The molecule has 1 aliphatic rings. The number of aromatic amines is 1. The van der Waals surface area contributed by atoms with Gasteiger partial charge < -0.3 is 14.6 Å². The van der Waals surface area contributed by atoms with E-state index in [1.807, 2.05) is 4.98 Å². The van der Waals surface area contributed by atoms with Gasteiger partial charge in [-0.25, -0.2) is 4.79 Å². The molecule has 0 saturated carbocycles. The van der Waals surface area contributed by atoms with Crippen LogP contribution in [-0.2, 0) is 44.7 Å². The van der Waals surface area contributed by atoms with Crippen LogP contribution in [0.4, 0.5) is 0 Å². The number of aromatic nitrogens is 2. The molecular weight excluding hydrogens is 496 g/mol. The van der Waals surface area contributed by atoms with E-state index < -0.39 is 68.7 Å². The Balaban J connectivity index is 2.04. The van der Waals surface area contributed by atoms with Crippen molar-refractivity contribution in [3.8, 4) is 0 Å². The van der Waals surface area contributed by atoms with E-state index in [4.69, 9.17) is 17.8 Å². The van der Waals surface area contributed by atoms with Crippen LogP contribution < -0.4 is 11.2 Å². The molecule has 0 bridgehead atoms. The number of aliphatic hydroxyl groups is 1. The molecule has 1 aromatic heterocycles. The summed E-state index contributed by atoms with van der Waals surface area (Å²) in [5, 5.41) is 11.1. The van der Waals surface area contributed by atoms with E-state index in [1.54, 1.807) is 30.3 Å². The minimum Gasteiger partial charge on any atom is -0.386 e. The van der Waals surface area contributed by atoms with Gasteiger partial charge >= 0.3 is 5.69 Å². The van der Waals surface area contributed by atoms with Crippen LogP contribution in [0.15, 0.2) is 52.2 Å². The number of hydrogen-bond acceptors (Lipinski definition) is 11. The zero-order chi connectivity index (χ0) is 25.1. The van der Waals surface area contributed by atoms with Crippen molar-refractivity contribution in [3.63, 3.8) is 0 Å². The molecule has 15 heteroatoms. The van der Waals surface area contributed by atoms with Crippen molar-refractivity contribution in [1.29, 1.82) is 0 Å². The van der Waals surface area contributed by atoms with E-state index in [0.717, 1.165) is 29.3 Å². The Morgan fingerprint density at radius 1 is 1.03 bits per heavy atom. The minimum atomic E-state index is -4.05. The highest BCUT2D eigenvalue weighted by Crippen LogP contribution is 2.40. The number of H-pyrrole nitrogens is 1. The molecule has 2 aromatic rings. The molecule has 3 rings (SSSR count). The van der Waals surface area contributed by atoms with Crippen LogP contribution in [-0.4, -0.2) is 75.0 Å². The van der Waals surface area contributed by atoms with E-state index in [1.165, 1.54) is 0 Å². The SMILES string of the molecule is CS(=O)(=O)OCC1(COS(C)(=O)=O)O[C@@H](n2ccc(=O)[nH]c2=O)[C@H](O)[C@H]1OCc1ccccc1. The maximum atomic E-state index is 12.3. The van der Waals surface area contributed by atoms with Gasteiger partial charge in [0.1, 0.15) is 31.0 Å². The molecule has 0 unspecified atom stereocenters. The van der Waals surface area contributed by atoms with Gasteiger partial charge in [0.2, 0.25) is 0 Å². The molecule has 3 atom stereocenters. The third kappa shape index (κ3) is 6.59. The molecule has 2 heterocycles. The summed E-state index contributed by atoms with van der Waals surface area (Å²) >= 11 is 0. The van der Waals surface area contributed by atoms with E-state index in [9.17, 15) is 31.5 Å². The first kappa shape index (κ1) is 26.2. The van der Waals surface area contributed by atoms with Crippen molar-refractivity contribution in [2.75, 3.05) is 25.7 Å². The molecule has 0 radical (unpaired) electrons. The molecule has 0 aliphatic carbocycles. The van der Waals surface area contributed by atoms with Gasteiger partial charge in [-0.15, -0.1) is 0 Å². The normalized spacial score (nSPS) is 22.6. The number of nitrogens with zero attached hydrogens (tertiary/aromatic N) is 1. The average Bonchev–Trinajstić information content (AvgIpc) is 3.01. The fourth-order valence-corrected chi connectivity index (χ4v) is 4.21. The topological polar surface area (TPSA) is 180 Å². The Labute approximate surface area is 195 Å². The number of ether oxygens (including phenoxy) is 2. The number of hydrogen-bond donors (Lipinski definition) is 2. The van der Waals surface area contributed by atoms with Gasteiger partial charge in [-0.05, 0) is 5.56 Å². The predicted molar refractivity (Wildman–Crippen MR) is 117 cm³/mol. The second-order valence-corrected chi connectivity index (χ2v) is 11.0. The van der Waals surface area contributed by atoms with Gasteiger partial charge in [-0.3, -0.25) is 22.7 Å². The fourth-order valence-electron chi connectivity index (χ4n) is 3.39. The van der Waals surface area contributed by atoms with Crippen LogP contribution in [0.2, 0.25) is 0 Å². The standard InChI is InChI=1S/C19H24N2O11S2/c1-33(25,26)30-11-19(12-31-34(2,27)28)16(29-10-13-6-4-3-5-7-13)15(23)17(32-19)21-9-8-14(22)20-18(21)24/h3-9,15-17,23H,10-12H2,1-2H3,(H,20,22,24)/t15-,16-,17-/m1/s1. The van der Waals surface area contributed by atoms with Crippen LogP contribution in [0.1, 0.15) is 11.8 Å². The summed E-state index contributed by atoms with van der Waals surface area (Å²) in [5.41, 5.74) is -2.93. The monoisotopic (exact) mass is 520 g/mol. The zero-order valence-electron chi connectivity index (χ0n) is 18.2. The number of rotatable bonds is 10. The first-order valence-corrected chi connectivity index (χ1v) is 13.4. The highest BCUT2D eigenvalue weighted by atomic mass is 32.2. The van der Waals surface area contributed by atoms with Crippen LogP contribution in [0.3, 0.4) is 0 Å². The molecule has 0 amide bonds. The van der Waals surface area contributed by atoms with Gasteiger partial charge in [-0.1, -0.05) is 30.3 Å². The summed E-state index contributed by atoms with van der Waals surface area (Å²) in [4.78, 5) is 25.8. The second-order valence-electron chi connectivity index (χ2n) is 7.73. The van der Waals surface area contributed by atoms with E-state index >= 15 is 0 Å². The van der Waals surface area contributed by atoms with Gasteiger partial charge in [0, 0.05) is 12.3 Å². The highest BCUT2D eigenvalue weighted by Gasteiger charge is 2.58. The highest BCUT2D eigenvalue weighted by molar-refractivity contribution is 7.86.